The molecule has 0 fully saturated rings. The summed E-state index contributed by atoms with van der Waals surface area (Å²) in [5, 5.41) is 3.85. The number of carbonyl (C=O) groups is 1. The van der Waals surface area contributed by atoms with Crippen molar-refractivity contribution >= 4 is 34.7 Å². The lowest BCUT2D eigenvalue weighted by molar-refractivity contribution is -0.137. The smallest absolute Gasteiger partial charge is 0.416 e. The first kappa shape index (κ1) is 22.0. The first-order valence-corrected chi connectivity index (χ1v) is 9.30. The van der Waals surface area contributed by atoms with Crippen molar-refractivity contribution in [2.24, 2.45) is 5.10 Å². The molecule has 0 bridgehead atoms. The molecule has 0 heterocycles. The lowest BCUT2D eigenvalue weighted by Gasteiger charge is -2.12. The van der Waals surface area contributed by atoms with Crippen LogP contribution in [0.4, 0.5) is 13.2 Å². The van der Waals surface area contributed by atoms with Crippen LogP contribution in [0.5, 0.6) is 11.5 Å². The van der Waals surface area contributed by atoms with E-state index in [2.05, 4.69) is 33.1 Å². The molecule has 0 aromatic heterocycles. The lowest BCUT2D eigenvalue weighted by atomic mass is 10.1. The number of benzene rings is 2. The van der Waals surface area contributed by atoms with Gasteiger partial charge in [-0.15, -0.1) is 0 Å². The summed E-state index contributed by atoms with van der Waals surface area (Å²) in [5.41, 5.74) is 2.44. The molecule has 0 atom stereocenters. The predicted octanol–water partition coefficient (Wildman–Crippen LogP) is 4.41. The van der Waals surface area contributed by atoms with Crippen molar-refractivity contribution in [2.75, 3.05) is 13.7 Å². The maximum Gasteiger partial charge on any atom is 0.416 e. The molecule has 2 aromatic carbocycles. The van der Waals surface area contributed by atoms with Crippen LogP contribution in [0.2, 0.25) is 0 Å². The van der Waals surface area contributed by atoms with E-state index in [-0.39, 0.29) is 12.0 Å². The zero-order valence-corrected chi connectivity index (χ0v) is 17.3. The molecule has 0 aliphatic heterocycles. The van der Waals surface area contributed by atoms with E-state index in [1.165, 1.54) is 25.5 Å². The van der Waals surface area contributed by atoms with Crippen LogP contribution in [0.3, 0.4) is 0 Å². The minimum absolute atomic E-state index is 0.217. The zero-order chi connectivity index (χ0) is 20.7. The second kappa shape index (κ2) is 9.76. The summed E-state index contributed by atoms with van der Waals surface area (Å²) >= 11 is 2.10. The Balaban J connectivity index is 2.03. The highest BCUT2D eigenvalue weighted by Crippen LogP contribution is 2.33. The molecule has 0 saturated carbocycles. The third-order valence-electron chi connectivity index (χ3n) is 3.56. The molecule has 1 amide bonds. The van der Waals surface area contributed by atoms with E-state index in [9.17, 15) is 18.0 Å². The topological polar surface area (TPSA) is 59.9 Å². The van der Waals surface area contributed by atoms with Gasteiger partial charge in [-0.3, -0.25) is 4.79 Å². The summed E-state index contributed by atoms with van der Waals surface area (Å²) in [4.78, 5) is 11.9. The minimum Gasteiger partial charge on any atom is -0.493 e. The number of halogens is 4. The van der Waals surface area contributed by atoms with E-state index >= 15 is 0 Å². The number of ether oxygens (including phenoxy) is 2. The Hall–Kier alpha value is -2.30. The van der Waals surface area contributed by atoms with Crippen LogP contribution in [0.25, 0.3) is 0 Å². The number of rotatable bonds is 7. The third kappa shape index (κ3) is 6.11. The van der Waals surface area contributed by atoms with Crippen molar-refractivity contribution in [2.45, 2.75) is 19.5 Å². The van der Waals surface area contributed by atoms with Crippen LogP contribution in [0.1, 0.15) is 23.6 Å². The number of carbonyl (C=O) groups excluding carboxylic acids is 1. The molecule has 1 N–H and O–H groups in total. The number of hydrogen-bond acceptors (Lipinski definition) is 4. The minimum atomic E-state index is -4.45. The summed E-state index contributed by atoms with van der Waals surface area (Å²) < 4.78 is 49.8. The molecular formula is C19H18F3IN2O3. The lowest BCUT2D eigenvalue weighted by Crippen LogP contribution is -2.20. The molecule has 150 valence electrons. The van der Waals surface area contributed by atoms with E-state index in [0.717, 1.165) is 15.7 Å². The number of hydrazone groups is 1. The first-order valence-electron chi connectivity index (χ1n) is 8.23. The number of nitrogens with one attached hydrogen (secondary N) is 1. The zero-order valence-electron chi connectivity index (χ0n) is 15.1. The molecule has 0 radical (unpaired) electrons. The van der Waals surface area contributed by atoms with Gasteiger partial charge in [-0.25, -0.2) is 5.43 Å². The number of hydrogen-bond donors (Lipinski definition) is 1. The van der Waals surface area contributed by atoms with Crippen molar-refractivity contribution in [3.8, 4) is 11.5 Å². The predicted molar refractivity (Wildman–Crippen MR) is 108 cm³/mol. The van der Waals surface area contributed by atoms with Gasteiger partial charge in [0.05, 0.1) is 35.5 Å². The largest absolute Gasteiger partial charge is 0.493 e. The molecule has 28 heavy (non-hydrogen) atoms. The van der Waals surface area contributed by atoms with Gasteiger partial charge >= 0.3 is 6.18 Å². The molecule has 9 heteroatoms. The maximum absolute atomic E-state index is 12.7. The quantitative estimate of drug-likeness (QED) is 0.344. The van der Waals surface area contributed by atoms with Gasteiger partial charge in [-0.05, 0) is 58.8 Å². The SMILES string of the molecule is CCOc1c(I)cc(/C=N\NC(=O)Cc2cccc(C(F)(F)F)c2)cc1OC. The Morgan fingerprint density at radius 1 is 1.29 bits per heavy atom. The van der Waals surface area contributed by atoms with Crippen LogP contribution in [-0.4, -0.2) is 25.8 Å². The fraction of sp³-hybridized carbons (Fsp3) is 0.263. The van der Waals surface area contributed by atoms with E-state index in [1.54, 1.807) is 12.1 Å². The van der Waals surface area contributed by atoms with Gasteiger partial charge in [0.25, 0.3) is 0 Å². The normalized spacial score (nSPS) is 11.5. The monoisotopic (exact) mass is 506 g/mol. The van der Waals surface area contributed by atoms with Crippen LogP contribution in [0.15, 0.2) is 41.5 Å². The van der Waals surface area contributed by atoms with Crippen LogP contribution in [-0.2, 0) is 17.4 Å². The average molecular weight is 506 g/mol. The van der Waals surface area contributed by atoms with E-state index in [0.29, 0.717) is 23.7 Å². The van der Waals surface area contributed by atoms with Crippen LogP contribution in [0, 0.1) is 3.57 Å². The number of alkyl halides is 3. The molecule has 2 rings (SSSR count). The highest BCUT2D eigenvalue weighted by Gasteiger charge is 2.30. The Kier molecular flexibility index (Phi) is 7.67. The Bertz CT molecular complexity index is 870. The van der Waals surface area contributed by atoms with Gasteiger partial charge in [-0.2, -0.15) is 18.3 Å². The fourth-order valence-corrected chi connectivity index (χ4v) is 3.14. The van der Waals surface area contributed by atoms with Gasteiger partial charge in [0, 0.05) is 0 Å². The van der Waals surface area contributed by atoms with Gasteiger partial charge in [0.2, 0.25) is 5.91 Å². The van der Waals surface area contributed by atoms with Gasteiger partial charge < -0.3 is 9.47 Å². The van der Waals surface area contributed by atoms with E-state index < -0.39 is 17.6 Å². The summed E-state index contributed by atoms with van der Waals surface area (Å²) in [7, 11) is 1.52. The van der Waals surface area contributed by atoms with E-state index in [4.69, 9.17) is 9.47 Å². The molecule has 0 aliphatic rings. The molecular weight excluding hydrogens is 488 g/mol. The van der Waals surface area contributed by atoms with Crippen molar-refractivity contribution < 1.29 is 27.4 Å². The average Bonchev–Trinajstić information content (AvgIpc) is 2.63. The Morgan fingerprint density at radius 3 is 2.68 bits per heavy atom. The molecule has 0 aliphatic carbocycles. The highest BCUT2D eigenvalue weighted by atomic mass is 127. The Labute approximate surface area is 174 Å². The summed E-state index contributed by atoms with van der Waals surface area (Å²) in [5.74, 6) is 0.630. The molecule has 0 spiro atoms. The molecule has 5 nitrogen and oxygen atoms in total. The van der Waals surface area contributed by atoms with Crippen molar-refractivity contribution in [1.29, 1.82) is 0 Å². The molecule has 2 aromatic rings. The van der Waals surface area contributed by atoms with Crippen molar-refractivity contribution in [3.05, 3.63) is 56.7 Å². The van der Waals surface area contributed by atoms with E-state index in [1.807, 2.05) is 6.92 Å². The summed E-state index contributed by atoms with van der Waals surface area (Å²) in [6, 6.07) is 8.14. The standard InChI is InChI=1S/C19H18F3IN2O3/c1-3-28-18-15(23)8-13(9-16(18)27-2)11-24-25-17(26)10-12-5-4-6-14(7-12)19(20,21)22/h4-9,11H,3,10H2,1-2H3,(H,25,26)/b24-11-. The van der Waals surface area contributed by atoms with Gasteiger partial charge in [-0.1, -0.05) is 18.2 Å². The highest BCUT2D eigenvalue weighted by molar-refractivity contribution is 14.1. The van der Waals surface area contributed by atoms with Gasteiger partial charge in [0.1, 0.15) is 0 Å². The fourth-order valence-electron chi connectivity index (χ4n) is 2.36. The Morgan fingerprint density at radius 2 is 2.04 bits per heavy atom. The number of nitrogens with zero attached hydrogens (tertiary/aromatic N) is 1. The summed E-state index contributed by atoms with van der Waals surface area (Å²) in [6.45, 7) is 2.36. The second-order valence-corrected chi connectivity index (χ2v) is 6.80. The van der Waals surface area contributed by atoms with Crippen LogP contribution < -0.4 is 14.9 Å². The first-order chi connectivity index (χ1) is 13.2. The maximum atomic E-state index is 12.7. The van der Waals surface area contributed by atoms with Crippen LogP contribution >= 0.6 is 22.6 Å². The number of methoxy groups -OCH3 is 1. The molecule has 0 unspecified atom stereocenters. The second-order valence-electron chi connectivity index (χ2n) is 5.64. The van der Waals surface area contributed by atoms with Gasteiger partial charge in [0.15, 0.2) is 11.5 Å². The summed E-state index contributed by atoms with van der Waals surface area (Å²) in [6.07, 6.45) is -3.25. The third-order valence-corrected chi connectivity index (χ3v) is 4.36. The van der Waals surface area contributed by atoms with Crippen molar-refractivity contribution in [3.63, 3.8) is 0 Å². The molecule has 0 saturated heterocycles. The van der Waals surface area contributed by atoms with Crippen molar-refractivity contribution in [1.82, 2.24) is 5.43 Å². The number of amides is 1.